The van der Waals surface area contributed by atoms with Gasteiger partial charge in [-0.1, -0.05) is 18.2 Å². The third kappa shape index (κ3) is 5.95. The fourth-order valence-corrected chi connectivity index (χ4v) is 5.75. The van der Waals surface area contributed by atoms with Crippen LogP contribution in [0.2, 0.25) is 0 Å². The normalized spacial score (nSPS) is 13.8. The molecule has 0 spiro atoms. The van der Waals surface area contributed by atoms with E-state index in [0.29, 0.717) is 5.69 Å². The lowest BCUT2D eigenvalue weighted by Gasteiger charge is -2.28. The van der Waals surface area contributed by atoms with Crippen LogP contribution in [0.4, 0.5) is 17.1 Å². The van der Waals surface area contributed by atoms with E-state index in [1.165, 1.54) is 37.5 Å². The Kier molecular flexibility index (Phi) is 7.49. The maximum Gasteiger partial charge on any atom is 0.340 e. The van der Waals surface area contributed by atoms with Crippen LogP contribution in [-0.2, 0) is 19.6 Å². The fraction of sp³-hybridized carbons (Fsp3) is 0.250. The first-order valence-corrected chi connectivity index (χ1v) is 13.3. The van der Waals surface area contributed by atoms with Crippen LogP contribution in [0.25, 0.3) is 0 Å². The number of carbonyl (C=O) groups excluding carboxylic acids is 2. The van der Waals surface area contributed by atoms with Crippen molar-refractivity contribution >= 4 is 50.3 Å². The van der Waals surface area contributed by atoms with Crippen LogP contribution in [0.1, 0.15) is 29.6 Å². The molecule has 2 aromatic carbocycles. The number of amides is 1. The van der Waals surface area contributed by atoms with Gasteiger partial charge in [0.2, 0.25) is 0 Å². The van der Waals surface area contributed by atoms with Gasteiger partial charge in [-0.2, -0.15) is 0 Å². The molecule has 0 saturated carbocycles. The van der Waals surface area contributed by atoms with Gasteiger partial charge >= 0.3 is 5.97 Å². The van der Waals surface area contributed by atoms with Gasteiger partial charge in [-0.25, -0.2) is 13.2 Å². The number of anilines is 3. The maximum atomic E-state index is 12.6. The van der Waals surface area contributed by atoms with E-state index >= 15 is 0 Å². The third-order valence-electron chi connectivity index (χ3n) is 5.36. The van der Waals surface area contributed by atoms with E-state index in [-0.39, 0.29) is 15.5 Å². The number of sulfonamides is 1. The van der Waals surface area contributed by atoms with Crippen molar-refractivity contribution in [3.63, 3.8) is 0 Å². The monoisotopic (exact) mass is 499 g/mol. The molecule has 0 bridgehead atoms. The first kappa shape index (κ1) is 23.8. The molecule has 1 amide bonds. The fourth-order valence-electron chi connectivity index (χ4n) is 3.68. The second kappa shape index (κ2) is 10.7. The average molecular weight is 500 g/mol. The standard InChI is InChI=1S/C24H25N3O5S2/c28-22(25-18-10-12-19(13-11-18)27-14-4-1-5-15-27)17-32-24(29)20-7-2-3-8-21(20)26-34(30,31)23-9-6-16-33-23/h2-3,6-13,16,26H,1,4-5,14-15,17H2,(H,25,28). The molecule has 0 atom stereocenters. The highest BCUT2D eigenvalue weighted by atomic mass is 32.2. The van der Waals surface area contributed by atoms with Crippen LogP contribution in [0, 0.1) is 0 Å². The molecule has 1 aliphatic rings. The van der Waals surface area contributed by atoms with Crippen LogP contribution in [0.3, 0.4) is 0 Å². The van der Waals surface area contributed by atoms with Crippen LogP contribution in [0.15, 0.2) is 70.3 Å². The van der Waals surface area contributed by atoms with Crippen molar-refractivity contribution in [1.29, 1.82) is 0 Å². The number of esters is 1. The minimum absolute atomic E-state index is 0.0151. The van der Waals surface area contributed by atoms with Gasteiger partial charge < -0.3 is 15.0 Å². The summed E-state index contributed by atoms with van der Waals surface area (Å²) in [5, 5.41) is 4.35. The number of ether oxygens (including phenoxy) is 1. The molecule has 2 heterocycles. The van der Waals surface area contributed by atoms with Crippen molar-refractivity contribution in [2.45, 2.75) is 23.5 Å². The van der Waals surface area contributed by atoms with Crippen LogP contribution in [0.5, 0.6) is 0 Å². The lowest BCUT2D eigenvalue weighted by Crippen LogP contribution is -2.29. The SMILES string of the molecule is O=C(COC(=O)c1ccccc1NS(=O)(=O)c1cccs1)Nc1ccc(N2CCCCC2)cc1. The lowest BCUT2D eigenvalue weighted by molar-refractivity contribution is -0.119. The van der Waals surface area contributed by atoms with E-state index in [1.54, 1.807) is 23.6 Å². The summed E-state index contributed by atoms with van der Waals surface area (Å²) < 4.78 is 32.7. The molecule has 3 aromatic rings. The molecule has 0 radical (unpaired) electrons. The van der Waals surface area contributed by atoms with E-state index in [0.717, 1.165) is 30.1 Å². The summed E-state index contributed by atoms with van der Waals surface area (Å²) in [6, 6.07) is 16.7. The van der Waals surface area contributed by atoms with E-state index < -0.39 is 28.5 Å². The zero-order valence-corrected chi connectivity index (χ0v) is 20.0. The molecule has 1 aromatic heterocycles. The summed E-state index contributed by atoms with van der Waals surface area (Å²) in [5.74, 6) is -1.30. The van der Waals surface area contributed by atoms with E-state index in [4.69, 9.17) is 4.74 Å². The first-order chi connectivity index (χ1) is 16.4. The number of benzene rings is 2. The summed E-state index contributed by atoms with van der Waals surface area (Å²) in [6.45, 7) is 1.57. The van der Waals surface area contributed by atoms with Crippen molar-refractivity contribution in [3.8, 4) is 0 Å². The molecule has 4 rings (SSSR count). The molecule has 10 heteroatoms. The molecule has 1 aliphatic heterocycles. The second-order valence-electron chi connectivity index (χ2n) is 7.80. The smallest absolute Gasteiger partial charge is 0.340 e. The van der Waals surface area contributed by atoms with Crippen molar-refractivity contribution in [2.24, 2.45) is 0 Å². The van der Waals surface area contributed by atoms with E-state index in [2.05, 4.69) is 14.9 Å². The van der Waals surface area contributed by atoms with Gasteiger partial charge in [0.15, 0.2) is 6.61 Å². The van der Waals surface area contributed by atoms with Crippen LogP contribution in [-0.4, -0.2) is 40.0 Å². The highest BCUT2D eigenvalue weighted by molar-refractivity contribution is 7.94. The Morgan fingerprint density at radius 1 is 0.941 bits per heavy atom. The number of piperidine rings is 1. The largest absolute Gasteiger partial charge is 0.452 e. The summed E-state index contributed by atoms with van der Waals surface area (Å²) in [7, 11) is -3.83. The number of hydrogen-bond acceptors (Lipinski definition) is 7. The molecule has 1 saturated heterocycles. The van der Waals surface area contributed by atoms with Gasteiger partial charge in [0.1, 0.15) is 4.21 Å². The molecule has 0 unspecified atom stereocenters. The average Bonchev–Trinajstić information content (AvgIpc) is 3.40. The quantitative estimate of drug-likeness (QED) is 0.447. The molecule has 1 fully saturated rings. The van der Waals surface area contributed by atoms with Crippen molar-refractivity contribution in [1.82, 2.24) is 0 Å². The van der Waals surface area contributed by atoms with Crippen molar-refractivity contribution in [2.75, 3.05) is 34.6 Å². The summed E-state index contributed by atoms with van der Waals surface area (Å²) >= 11 is 1.06. The second-order valence-corrected chi connectivity index (χ2v) is 10.7. The molecular formula is C24H25N3O5S2. The number of thiophene rings is 1. The third-order valence-corrected chi connectivity index (χ3v) is 8.12. The van der Waals surface area contributed by atoms with Crippen LogP contribution >= 0.6 is 11.3 Å². The van der Waals surface area contributed by atoms with Crippen molar-refractivity contribution < 1.29 is 22.7 Å². The maximum absolute atomic E-state index is 12.6. The Bertz CT molecular complexity index is 1240. The molecule has 178 valence electrons. The van der Waals surface area contributed by atoms with Crippen molar-refractivity contribution in [3.05, 3.63) is 71.6 Å². The number of rotatable bonds is 8. The van der Waals surface area contributed by atoms with Gasteiger partial charge in [-0.05, 0) is 67.1 Å². The van der Waals surface area contributed by atoms with Crippen LogP contribution < -0.4 is 14.9 Å². The number of para-hydroxylation sites is 1. The van der Waals surface area contributed by atoms with Gasteiger partial charge in [0, 0.05) is 24.5 Å². The first-order valence-electron chi connectivity index (χ1n) is 10.9. The number of hydrogen-bond donors (Lipinski definition) is 2. The highest BCUT2D eigenvalue weighted by Gasteiger charge is 2.20. The predicted octanol–water partition coefficient (Wildman–Crippen LogP) is 4.33. The zero-order chi connectivity index (χ0) is 24.0. The molecule has 8 nitrogen and oxygen atoms in total. The number of carbonyl (C=O) groups is 2. The Balaban J connectivity index is 1.33. The Morgan fingerprint density at radius 2 is 1.68 bits per heavy atom. The number of nitrogens with zero attached hydrogens (tertiary/aromatic N) is 1. The van der Waals surface area contributed by atoms with E-state index in [9.17, 15) is 18.0 Å². The molecule has 34 heavy (non-hydrogen) atoms. The van der Waals surface area contributed by atoms with E-state index in [1.807, 2.05) is 24.3 Å². The molecule has 2 N–H and O–H groups in total. The minimum atomic E-state index is -3.83. The molecule has 0 aliphatic carbocycles. The number of nitrogens with one attached hydrogen (secondary N) is 2. The summed E-state index contributed by atoms with van der Waals surface area (Å²) in [4.78, 5) is 27.2. The Labute approximate surface area is 202 Å². The molecular weight excluding hydrogens is 474 g/mol. The summed E-state index contributed by atoms with van der Waals surface area (Å²) in [6.07, 6.45) is 3.62. The predicted molar refractivity (Wildman–Crippen MR) is 133 cm³/mol. The topological polar surface area (TPSA) is 105 Å². The van der Waals surface area contributed by atoms with Gasteiger partial charge in [-0.3, -0.25) is 9.52 Å². The van der Waals surface area contributed by atoms with Gasteiger partial charge in [0.05, 0.1) is 11.3 Å². The Hall–Kier alpha value is -3.37. The Morgan fingerprint density at radius 3 is 2.38 bits per heavy atom. The zero-order valence-electron chi connectivity index (χ0n) is 18.4. The summed E-state index contributed by atoms with van der Waals surface area (Å²) in [5.41, 5.74) is 1.81. The van der Waals surface area contributed by atoms with Gasteiger partial charge in [0.25, 0.3) is 15.9 Å². The minimum Gasteiger partial charge on any atom is -0.452 e. The van der Waals surface area contributed by atoms with Gasteiger partial charge in [-0.15, -0.1) is 11.3 Å². The lowest BCUT2D eigenvalue weighted by atomic mass is 10.1. The highest BCUT2D eigenvalue weighted by Crippen LogP contribution is 2.24.